The van der Waals surface area contributed by atoms with Crippen molar-refractivity contribution in [2.24, 2.45) is 0 Å². The topological polar surface area (TPSA) is 34.9 Å². The van der Waals surface area contributed by atoms with Crippen molar-refractivity contribution in [1.29, 1.82) is 0 Å². The Morgan fingerprint density at radius 3 is 2.91 bits per heavy atom. The molecule has 3 rings (SSSR count). The van der Waals surface area contributed by atoms with Crippen LogP contribution >= 0.6 is 34.7 Å². The number of halogens is 1. The van der Waals surface area contributed by atoms with E-state index in [-0.39, 0.29) is 5.56 Å². The van der Waals surface area contributed by atoms with Crippen LogP contribution in [0, 0.1) is 0 Å². The molecule has 0 N–H and O–H groups in total. The van der Waals surface area contributed by atoms with E-state index >= 15 is 0 Å². The molecule has 0 aliphatic carbocycles. The van der Waals surface area contributed by atoms with Gasteiger partial charge in [-0.25, -0.2) is 4.98 Å². The predicted molar refractivity (Wildman–Crippen MR) is 99.8 cm³/mol. The summed E-state index contributed by atoms with van der Waals surface area (Å²) in [7, 11) is 0. The highest BCUT2D eigenvalue weighted by atomic mass is 35.5. The van der Waals surface area contributed by atoms with E-state index in [2.05, 4.69) is 11.9 Å². The molecule has 0 saturated heterocycles. The van der Waals surface area contributed by atoms with Crippen LogP contribution in [0.3, 0.4) is 0 Å². The molecule has 0 fully saturated rings. The number of fused-ring (bicyclic) bond motifs is 1. The lowest BCUT2D eigenvalue weighted by Gasteiger charge is -2.12. The molecule has 0 aliphatic rings. The van der Waals surface area contributed by atoms with Crippen molar-refractivity contribution in [3.63, 3.8) is 0 Å². The first-order chi connectivity index (χ1) is 11.2. The lowest BCUT2D eigenvalue weighted by Crippen LogP contribution is -2.22. The molecule has 3 nitrogen and oxygen atoms in total. The molecule has 1 aromatic carbocycles. The van der Waals surface area contributed by atoms with E-state index in [9.17, 15) is 4.79 Å². The summed E-state index contributed by atoms with van der Waals surface area (Å²) in [5.74, 6) is 0.702. The maximum atomic E-state index is 12.7. The second-order valence-corrected chi connectivity index (χ2v) is 7.49. The number of thiophene rings is 1. The normalized spacial score (nSPS) is 11.2. The summed E-state index contributed by atoms with van der Waals surface area (Å²) in [4.78, 5) is 17.4. The van der Waals surface area contributed by atoms with Gasteiger partial charge in [0.15, 0.2) is 5.16 Å². The van der Waals surface area contributed by atoms with Crippen LogP contribution in [0.5, 0.6) is 0 Å². The largest absolute Gasteiger partial charge is 0.286 e. The van der Waals surface area contributed by atoms with E-state index in [4.69, 9.17) is 11.6 Å². The Balaban J connectivity index is 1.94. The molecule has 2 aromatic heterocycles. The average Bonchev–Trinajstić information content (AvgIpc) is 3.02. The molecule has 0 amide bonds. The summed E-state index contributed by atoms with van der Waals surface area (Å²) >= 11 is 9.25. The van der Waals surface area contributed by atoms with Crippen LogP contribution in [0.25, 0.3) is 10.2 Å². The van der Waals surface area contributed by atoms with E-state index in [0.717, 1.165) is 38.8 Å². The van der Waals surface area contributed by atoms with Crippen LogP contribution in [-0.2, 0) is 12.3 Å². The van der Waals surface area contributed by atoms with Gasteiger partial charge in [0.25, 0.3) is 5.56 Å². The molecular weight excluding hydrogens is 348 g/mol. The molecular formula is C17H17ClN2OS2. The summed E-state index contributed by atoms with van der Waals surface area (Å²) in [5, 5.41) is 3.44. The van der Waals surface area contributed by atoms with Crippen LogP contribution in [0.1, 0.15) is 25.3 Å². The third kappa shape index (κ3) is 3.62. The quantitative estimate of drug-likeness (QED) is 0.445. The Labute approximate surface area is 148 Å². The lowest BCUT2D eigenvalue weighted by molar-refractivity contribution is 0.558. The predicted octanol–water partition coefficient (Wildman–Crippen LogP) is 5.20. The van der Waals surface area contributed by atoms with E-state index in [0.29, 0.717) is 12.3 Å². The Kier molecular flexibility index (Phi) is 5.41. The fraction of sp³-hybridized carbons (Fsp3) is 0.294. The molecule has 0 atom stereocenters. The number of rotatable bonds is 6. The minimum Gasteiger partial charge on any atom is -0.286 e. The lowest BCUT2D eigenvalue weighted by atomic mass is 10.2. The standard InChI is InChI=1S/C17H17ClN2OS2/c1-2-3-9-20-16(21)15-14(8-10-22-15)19-17(20)23-11-12-6-4-5-7-13(12)18/h4-8,10H,2-3,9,11H2,1H3. The zero-order chi connectivity index (χ0) is 16.2. The van der Waals surface area contributed by atoms with Crippen molar-refractivity contribution in [2.75, 3.05) is 0 Å². The number of thioether (sulfide) groups is 1. The highest BCUT2D eigenvalue weighted by molar-refractivity contribution is 7.98. The minimum atomic E-state index is 0.0695. The molecule has 0 bridgehead atoms. The fourth-order valence-electron chi connectivity index (χ4n) is 2.30. The van der Waals surface area contributed by atoms with E-state index < -0.39 is 0 Å². The van der Waals surface area contributed by atoms with Crippen molar-refractivity contribution in [1.82, 2.24) is 9.55 Å². The SMILES string of the molecule is CCCCn1c(SCc2ccccc2Cl)nc2ccsc2c1=O. The number of hydrogen-bond donors (Lipinski definition) is 0. The smallest absolute Gasteiger partial charge is 0.272 e. The Morgan fingerprint density at radius 2 is 2.13 bits per heavy atom. The minimum absolute atomic E-state index is 0.0695. The van der Waals surface area contributed by atoms with E-state index in [1.165, 1.54) is 11.3 Å². The van der Waals surface area contributed by atoms with Gasteiger partial charge in [0.1, 0.15) is 4.70 Å². The first-order valence-electron chi connectivity index (χ1n) is 7.55. The van der Waals surface area contributed by atoms with E-state index in [1.54, 1.807) is 11.8 Å². The van der Waals surface area contributed by atoms with Gasteiger partial charge < -0.3 is 0 Å². The summed E-state index contributed by atoms with van der Waals surface area (Å²) in [6.45, 7) is 2.83. The monoisotopic (exact) mass is 364 g/mol. The second-order valence-electron chi connectivity index (χ2n) is 5.22. The van der Waals surface area contributed by atoms with E-state index in [1.807, 2.05) is 40.3 Å². The molecule has 0 spiro atoms. The highest BCUT2D eigenvalue weighted by Crippen LogP contribution is 2.27. The third-order valence-electron chi connectivity index (χ3n) is 3.58. The molecule has 23 heavy (non-hydrogen) atoms. The maximum Gasteiger partial charge on any atom is 0.272 e. The zero-order valence-corrected chi connectivity index (χ0v) is 15.2. The van der Waals surface area contributed by atoms with Gasteiger partial charge in [-0.3, -0.25) is 9.36 Å². The third-order valence-corrected chi connectivity index (χ3v) is 5.87. The first-order valence-corrected chi connectivity index (χ1v) is 9.79. The van der Waals surface area contributed by atoms with Crippen LogP contribution in [0.4, 0.5) is 0 Å². The van der Waals surface area contributed by atoms with Gasteiger partial charge in [-0.05, 0) is 29.5 Å². The second kappa shape index (κ2) is 7.51. The number of benzene rings is 1. The van der Waals surface area contributed by atoms with Crippen molar-refractivity contribution < 1.29 is 0 Å². The molecule has 0 saturated carbocycles. The Morgan fingerprint density at radius 1 is 1.30 bits per heavy atom. The molecule has 2 heterocycles. The summed E-state index contributed by atoms with van der Waals surface area (Å²) in [6, 6.07) is 9.69. The van der Waals surface area contributed by atoms with Gasteiger partial charge in [0, 0.05) is 17.3 Å². The van der Waals surface area contributed by atoms with Gasteiger partial charge in [-0.1, -0.05) is 54.9 Å². The van der Waals surface area contributed by atoms with Gasteiger partial charge in [0.05, 0.1) is 5.52 Å². The molecule has 0 radical (unpaired) electrons. The number of aromatic nitrogens is 2. The Hall–Kier alpha value is -1.30. The fourth-order valence-corrected chi connectivity index (χ4v) is 4.39. The van der Waals surface area contributed by atoms with Crippen molar-refractivity contribution in [2.45, 2.75) is 37.2 Å². The number of hydrogen-bond acceptors (Lipinski definition) is 4. The van der Waals surface area contributed by atoms with Crippen LogP contribution in [-0.4, -0.2) is 9.55 Å². The number of unbranched alkanes of at least 4 members (excludes halogenated alkanes) is 1. The van der Waals surface area contributed by atoms with Gasteiger partial charge in [-0.2, -0.15) is 0 Å². The number of nitrogens with zero attached hydrogens (tertiary/aromatic N) is 2. The molecule has 0 aliphatic heterocycles. The van der Waals surface area contributed by atoms with Crippen LogP contribution in [0.15, 0.2) is 45.7 Å². The molecule has 0 unspecified atom stereocenters. The highest BCUT2D eigenvalue weighted by Gasteiger charge is 2.13. The van der Waals surface area contributed by atoms with Crippen LogP contribution in [0.2, 0.25) is 5.02 Å². The van der Waals surface area contributed by atoms with Crippen molar-refractivity contribution >= 4 is 44.9 Å². The molecule has 6 heteroatoms. The summed E-state index contributed by atoms with van der Waals surface area (Å²) in [6.07, 6.45) is 2.02. The van der Waals surface area contributed by atoms with Crippen LogP contribution < -0.4 is 5.56 Å². The first kappa shape index (κ1) is 16.6. The van der Waals surface area contributed by atoms with Crippen molar-refractivity contribution in [3.8, 4) is 0 Å². The average molecular weight is 365 g/mol. The molecule has 120 valence electrons. The van der Waals surface area contributed by atoms with Gasteiger partial charge in [0.2, 0.25) is 0 Å². The summed E-state index contributed by atoms with van der Waals surface area (Å²) in [5.41, 5.74) is 1.91. The zero-order valence-electron chi connectivity index (χ0n) is 12.8. The van der Waals surface area contributed by atoms with Gasteiger partial charge >= 0.3 is 0 Å². The Bertz CT molecular complexity index is 872. The van der Waals surface area contributed by atoms with Crippen molar-refractivity contribution in [3.05, 3.63) is 56.7 Å². The molecule has 3 aromatic rings. The summed E-state index contributed by atoms with van der Waals surface area (Å²) < 4.78 is 2.55. The maximum absolute atomic E-state index is 12.7. The van der Waals surface area contributed by atoms with Gasteiger partial charge in [-0.15, -0.1) is 11.3 Å².